The second kappa shape index (κ2) is 7.74. The molecular weight excluding hydrogens is 408 g/mol. The second-order valence-electron chi connectivity index (χ2n) is 6.12. The maximum absolute atomic E-state index is 12.5. The van der Waals surface area contributed by atoms with E-state index in [1.807, 2.05) is 0 Å². The third kappa shape index (κ3) is 3.82. The van der Waals surface area contributed by atoms with Crippen molar-refractivity contribution < 1.29 is 17.9 Å². The van der Waals surface area contributed by atoms with Crippen LogP contribution in [-0.4, -0.2) is 60.4 Å². The van der Waals surface area contributed by atoms with Gasteiger partial charge in [-0.05, 0) is 25.0 Å². The van der Waals surface area contributed by atoms with Gasteiger partial charge in [0.1, 0.15) is 4.90 Å². The average Bonchev–Trinajstić information content (AvgIpc) is 3.37. The molecule has 1 amide bonds. The molecule has 1 aromatic heterocycles. The van der Waals surface area contributed by atoms with Crippen LogP contribution in [0.2, 0.25) is 0 Å². The van der Waals surface area contributed by atoms with E-state index < -0.39 is 15.9 Å². The molecule has 0 bridgehead atoms. The summed E-state index contributed by atoms with van der Waals surface area (Å²) in [6, 6.07) is 6.29. The van der Waals surface area contributed by atoms with Crippen LogP contribution in [0.15, 0.2) is 33.5 Å². The normalized spacial score (nSPS) is 20.8. The lowest BCUT2D eigenvalue weighted by Crippen LogP contribution is -2.32. The maximum Gasteiger partial charge on any atom is 0.269 e. The summed E-state index contributed by atoms with van der Waals surface area (Å²) in [6.07, 6.45) is 2.36. The molecule has 0 spiro atoms. The summed E-state index contributed by atoms with van der Waals surface area (Å²) in [5.74, 6) is -0.0540. The summed E-state index contributed by atoms with van der Waals surface area (Å²) in [5, 5.41) is 12.1. The fourth-order valence-electron chi connectivity index (χ4n) is 3.01. The molecule has 0 radical (unpaired) electrons. The Balaban J connectivity index is 1.31. The van der Waals surface area contributed by atoms with Gasteiger partial charge in [-0.2, -0.15) is 0 Å². The minimum Gasteiger partial charge on any atom is -0.376 e. The molecule has 2 aliphatic rings. The van der Waals surface area contributed by atoms with E-state index >= 15 is 0 Å². The number of sulfonamides is 1. The molecule has 1 unspecified atom stereocenters. The van der Waals surface area contributed by atoms with Crippen molar-refractivity contribution in [1.82, 2.24) is 14.5 Å². The van der Waals surface area contributed by atoms with Crippen molar-refractivity contribution in [2.24, 2.45) is 0 Å². The number of carbonyl (C=O) groups excluding carboxylic acids is 1. The molecule has 1 N–H and O–H groups in total. The highest BCUT2D eigenvalue weighted by Crippen LogP contribution is 2.31. The average molecular weight is 427 g/mol. The van der Waals surface area contributed by atoms with Gasteiger partial charge >= 0.3 is 0 Å². The molecule has 2 aliphatic heterocycles. The number of amides is 1. The minimum atomic E-state index is -3.75. The van der Waals surface area contributed by atoms with E-state index in [1.54, 1.807) is 18.2 Å². The molecule has 1 saturated heterocycles. The number of benzene rings is 1. The van der Waals surface area contributed by atoms with Crippen molar-refractivity contribution >= 4 is 44.2 Å². The molecule has 27 heavy (non-hydrogen) atoms. The zero-order valence-electron chi connectivity index (χ0n) is 14.3. The monoisotopic (exact) mass is 426 g/mol. The highest BCUT2D eigenvalue weighted by atomic mass is 32.2. The summed E-state index contributed by atoms with van der Waals surface area (Å²) in [6.45, 7) is 1.61. The number of thioether (sulfide) groups is 1. The Bertz CT molecular complexity index is 941. The van der Waals surface area contributed by atoms with Gasteiger partial charge in [-0.15, -0.1) is 10.2 Å². The Morgan fingerprint density at radius 3 is 2.96 bits per heavy atom. The van der Waals surface area contributed by atoms with Crippen molar-refractivity contribution in [1.29, 1.82) is 0 Å². The number of rotatable bonds is 7. The lowest BCUT2D eigenvalue weighted by atomic mass is 10.2. The largest absolute Gasteiger partial charge is 0.376 e. The van der Waals surface area contributed by atoms with Crippen molar-refractivity contribution in [3.05, 3.63) is 29.8 Å². The molecule has 0 aliphatic carbocycles. The molecule has 1 aromatic carbocycles. The second-order valence-corrected chi connectivity index (χ2v) is 10.3. The first-order chi connectivity index (χ1) is 13.1. The third-order valence-corrected chi connectivity index (χ3v) is 8.18. The molecule has 2 aromatic rings. The maximum atomic E-state index is 12.5. The first-order valence-corrected chi connectivity index (χ1v) is 11.8. The highest BCUT2D eigenvalue weighted by Gasteiger charge is 2.40. The van der Waals surface area contributed by atoms with Gasteiger partial charge in [0.25, 0.3) is 15.9 Å². The number of hydrogen-bond donors (Lipinski definition) is 1. The van der Waals surface area contributed by atoms with Crippen LogP contribution in [0.1, 0.15) is 23.2 Å². The van der Waals surface area contributed by atoms with Crippen LogP contribution in [-0.2, 0) is 14.8 Å². The number of carbonyl (C=O) groups is 1. The number of anilines is 1. The van der Waals surface area contributed by atoms with E-state index in [4.69, 9.17) is 4.74 Å². The number of hydrogen-bond acceptors (Lipinski definition) is 9. The fraction of sp³-hybridized carbons (Fsp3) is 0.438. The molecule has 0 saturated carbocycles. The van der Waals surface area contributed by atoms with Crippen LogP contribution in [0, 0.1) is 0 Å². The summed E-state index contributed by atoms with van der Waals surface area (Å²) in [5.41, 5.74) is 0.235. The number of ether oxygens (including phenoxy) is 1. The van der Waals surface area contributed by atoms with Crippen molar-refractivity contribution in [3.63, 3.8) is 0 Å². The van der Waals surface area contributed by atoms with E-state index in [2.05, 4.69) is 15.5 Å². The lowest BCUT2D eigenvalue weighted by molar-refractivity contribution is 0.0876. The summed E-state index contributed by atoms with van der Waals surface area (Å²) in [4.78, 5) is 12.4. The smallest absolute Gasteiger partial charge is 0.269 e. The molecular formula is C16H18N4O4S3. The Hall–Kier alpha value is -1.69. The topological polar surface area (TPSA) is 101 Å². The Labute approximate surface area is 165 Å². The standard InChI is InChI=1S/C16H18N4O4S3/c21-14-12-5-1-2-6-13(12)27(22,23)20(14)7-9-25-16-19-18-15(26-16)17-10-11-4-3-8-24-11/h1-2,5-6,11H,3-4,7-10H2,(H,17,18). The van der Waals surface area contributed by atoms with Crippen molar-refractivity contribution in [2.45, 2.75) is 28.2 Å². The third-order valence-electron chi connectivity index (χ3n) is 4.34. The van der Waals surface area contributed by atoms with Crippen LogP contribution in [0.3, 0.4) is 0 Å². The van der Waals surface area contributed by atoms with Crippen molar-refractivity contribution in [2.75, 3.05) is 30.8 Å². The van der Waals surface area contributed by atoms with Gasteiger partial charge in [0.15, 0.2) is 4.34 Å². The molecule has 4 rings (SSSR count). The van der Waals surface area contributed by atoms with Gasteiger partial charge < -0.3 is 10.1 Å². The first kappa shape index (κ1) is 18.7. The van der Waals surface area contributed by atoms with Gasteiger partial charge in [0.2, 0.25) is 5.13 Å². The number of aromatic nitrogens is 2. The van der Waals surface area contributed by atoms with Crippen LogP contribution in [0.5, 0.6) is 0 Å². The van der Waals surface area contributed by atoms with E-state index in [1.165, 1.54) is 29.2 Å². The summed E-state index contributed by atoms with van der Waals surface area (Å²) >= 11 is 2.79. The quantitative estimate of drug-likeness (QED) is 0.672. The van der Waals surface area contributed by atoms with E-state index in [0.29, 0.717) is 17.4 Å². The van der Waals surface area contributed by atoms with Crippen LogP contribution in [0.4, 0.5) is 5.13 Å². The number of fused-ring (bicyclic) bond motifs is 1. The van der Waals surface area contributed by atoms with E-state index in [9.17, 15) is 13.2 Å². The molecule has 144 valence electrons. The predicted molar refractivity (Wildman–Crippen MR) is 103 cm³/mol. The van der Waals surface area contributed by atoms with Gasteiger partial charge in [-0.3, -0.25) is 4.79 Å². The minimum absolute atomic E-state index is 0.0801. The SMILES string of the molecule is O=C1c2ccccc2S(=O)(=O)N1CCSc1nnc(NCC2CCCO2)s1. The summed E-state index contributed by atoms with van der Waals surface area (Å²) < 4.78 is 32.2. The predicted octanol–water partition coefficient (Wildman–Crippen LogP) is 2.07. The number of nitrogens with one attached hydrogen (secondary N) is 1. The molecule has 1 atom stereocenters. The van der Waals surface area contributed by atoms with Crippen LogP contribution >= 0.6 is 23.1 Å². The molecule has 11 heteroatoms. The Morgan fingerprint density at radius 2 is 2.19 bits per heavy atom. The van der Waals surface area contributed by atoms with Crippen LogP contribution in [0.25, 0.3) is 0 Å². The molecule has 1 fully saturated rings. The van der Waals surface area contributed by atoms with E-state index in [-0.39, 0.29) is 23.1 Å². The molecule has 3 heterocycles. The number of nitrogens with zero attached hydrogens (tertiary/aromatic N) is 3. The van der Waals surface area contributed by atoms with Gasteiger partial charge in [0, 0.05) is 25.4 Å². The first-order valence-electron chi connectivity index (χ1n) is 8.53. The zero-order valence-corrected chi connectivity index (χ0v) is 16.8. The lowest BCUT2D eigenvalue weighted by Gasteiger charge is -2.13. The van der Waals surface area contributed by atoms with Crippen molar-refractivity contribution in [3.8, 4) is 0 Å². The van der Waals surface area contributed by atoms with Gasteiger partial charge in [0.05, 0.1) is 11.7 Å². The highest BCUT2D eigenvalue weighted by molar-refractivity contribution is 8.01. The molecule has 8 nitrogen and oxygen atoms in total. The zero-order chi connectivity index (χ0) is 18.9. The Morgan fingerprint density at radius 1 is 1.33 bits per heavy atom. The van der Waals surface area contributed by atoms with Gasteiger partial charge in [-0.25, -0.2) is 12.7 Å². The summed E-state index contributed by atoms with van der Waals surface area (Å²) in [7, 11) is -3.75. The fourth-order valence-corrected chi connectivity index (χ4v) is 6.45. The van der Waals surface area contributed by atoms with Gasteiger partial charge in [-0.1, -0.05) is 35.2 Å². The Kier molecular flexibility index (Phi) is 5.35. The van der Waals surface area contributed by atoms with E-state index in [0.717, 1.165) is 28.1 Å². The van der Waals surface area contributed by atoms with Crippen LogP contribution < -0.4 is 5.32 Å².